The van der Waals surface area contributed by atoms with Crippen LogP contribution in [0.1, 0.15) is 12.0 Å². The van der Waals surface area contributed by atoms with Crippen LogP contribution in [0.25, 0.3) is 0 Å². The molecule has 0 saturated carbocycles. The molecule has 0 saturated heterocycles. The van der Waals surface area contributed by atoms with Crippen molar-refractivity contribution < 1.29 is 31.5 Å². The molecule has 14 heavy (non-hydrogen) atoms. The van der Waals surface area contributed by atoms with Gasteiger partial charge >= 0.3 is 26.8 Å². The number of hydrogen-bond donors (Lipinski definition) is 1. The maximum atomic E-state index is 8.67. The van der Waals surface area contributed by atoms with Gasteiger partial charge in [0.15, 0.2) is 0 Å². The molecule has 2 rings (SSSR count). The Labute approximate surface area is 86.9 Å². The van der Waals surface area contributed by atoms with Crippen LogP contribution in [0.5, 0.6) is 5.75 Å². The van der Waals surface area contributed by atoms with E-state index in [1.54, 1.807) is 0 Å². The van der Waals surface area contributed by atoms with Crippen molar-refractivity contribution in [3.8, 4) is 5.75 Å². The van der Waals surface area contributed by atoms with E-state index < -0.39 is 15.4 Å². The molecule has 1 heterocycles. The third kappa shape index (κ3) is 3.92. The summed E-state index contributed by atoms with van der Waals surface area (Å²) in [7, 11) is 0. The Morgan fingerprint density at radius 1 is 1.29 bits per heavy atom. The molecule has 76 valence electrons. The van der Waals surface area contributed by atoms with Crippen molar-refractivity contribution in [2.45, 2.75) is 12.8 Å². The van der Waals surface area contributed by atoms with Crippen LogP contribution in [-0.2, 0) is 29.2 Å². The Kier molecular flexibility index (Phi) is 4.66. The van der Waals surface area contributed by atoms with E-state index in [0.717, 1.165) is 18.8 Å². The molecule has 0 radical (unpaired) electrons. The second kappa shape index (κ2) is 5.80. The zero-order chi connectivity index (χ0) is 10.4. The monoisotopic (exact) mass is 234 g/mol. The average molecular weight is 234 g/mol. The molecule has 1 aromatic carbocycles. The number of aryl methyl sites for hydroxylation is 1. The summed E-state index contributed by atoms with van der Waals surface area (Å²) in [5.74, 6) is 1.08. The van der Waals surface area contributed by atoms with Gasteiger partial charge in [0, 0.05) is 0 Å². The summed E-state index contributed by atoms with van der Waals surface area (Å²) in [4.78, 5) is 0. The van der Waals surface area contributed by atoms with Crippen LogP contribution in [0.15, 0.2) is 24.3 Å². The largest absolute Gasteiger partial charge is 0.493 e. The summed E-state index contributed by atoms with van der Waals surface area (Å²) in [5, 5.41) is 0. The minimum atomic E-state index is -3.69. The molecule has 1 aliphatic rings. The minimum Gasteiger partial charge on any atom is -0.493 e. The number of para-hydroxylation sites is 1. The van der Waals surface area contributed by atoms with Crippen LogP contribution in [0, 0.1) is 0 Å². The molecule has 0 bridgehead atoms. The van der Waals surface area contributed by atoms with Gasteiger partial charge in [-0.15, -0.1) is 0 Å². The zero-order valence-corrected chi connectivity index (χ0v) is 8.95. The van der Waals surface area contributed by atoms with Gasteiger partial charge in [-0.2, -0.15) is 0 Å². The van der Waals surface area contributed by atoms with Crippen LogP contribution >= 0.6 is 0 Å². The first-order valence-corrected chi connectivity index (χ1v) is 6.00. The maximum absolute atomic E-state index is 8.67. The first-order valence-electron chi connectivity index (χ1n) is 4.24. The smallest absolute Gasteiger partial charge is 0.122 e. The number of fused-ring (bicyclic) bond motifs is 1. The molecule has 0 atom stereocenters. The molecule has 5 heteroatoms. The topological polar surface area (TPSA) is 63.6 Å². The molecule has 1 aliphatic heterocycles. The number of hydrogen-bond acceptors (Lipinski definition) is 3. The standard InChI is InChI=1S/C9H10O.H2O.2O.V/c1-2-6-9-8(4-1)5-3-7-10-9;;;;/h1-2,4,6H,3,5,7H2;1H2;;;/q;;;;+1/p-1. The Bertz CT molecular complexity index is 327. The zero-order valence-electron chi connectivity index (χ0n) is 7.55. The minimum absolute atomic E-state index is 0.886. The van der Waals surface area contributed by atoms with Crippen LogP contribution in [0.3, 0.4) is 0 Å². The van der Waals surface area contributed by atoms with Crippen molar-refractivity contribution in [2.24, 2.45) is 0 Å². The van der Waals surface area contributed by atoms with E-state index in [4.69, 9.17) is 16.1 Å². The van der Waals surface area contributed by atoms with Gasteiger partial charge in [0.1, 0.15) is 5.75 Å². The SMILES string of the molecule is [O]=[V](=[O])[OH].c1ccc2c(c1)CCCO2. The summed E-state index contributed by atoms with van der Waals surface area (Å²) in [6.45, 7) is 0.886. The summed E-state index contributed by atoms with van der Waals surface area (Å²) in [6, 6.07) is 8.25. The van der Waals surface area contributed by atoms with Gasteiger partial charge in [-0.05, 0) is 24.5 Å². The fourth-order valence-electron chi connectivity index (χ4n) is 1.30. The molecule has 1 aromatic rings. The summed E-state index contributed by atoms with van der Waals surface area (Å²) < 4.78 is 29.9. The van der Waals surface area contributed by atoms with Crippen molar-refractivity contribution in [3.63, 3.8) is 0 Å². The van der Waals surface area contributed by atoms with Crippen molar-refractivity contribution in [1.82, 2.24) is 0 Å². The van der Waals surface area contributed by atoms with Gasteiger partial charge in [-0.25, -0.2) is 0 Å². The Morgan fingerprint density at radius 3 is 2.57 bits per heavy atom. The summed E-state index contributed by atoms with van der Waals surface area (Å²) in [6.07, 6.45) is 2.34. The quantitative estimate of drug-likeness (QED) is 0.732. The predicted octanol–water partition coefficient (Wildman–Crippen LogP) is 1.21. The molecule has 4 nitrogen and oxygen atoms in total. The van der Waals surface area contributed by atoms with Gasteiger partial charge in [0.25, 0.3) is 0 Å². The average Bonchev–Trinajstić information content (AvgIpc) is 2.17. The molecule has 0 unspecified atom stereocenters. The third-order valence-corrected chi connectivity index (χ3v) is 1.82. The van der Waals surface area contributed by atoms with Crippen LogP contribution in [-0.4, -0.2) is 10.6 Å². The molecule has 0 spiro atoms. The Hall–Kier alpha value is -0.836. The summed E-state index contributed by atoms with van der Waals surface area (Å²) >= 11 is -3.69. The second-order valence-corrected chi connectivity index (χ2v) is 3.54. The predicted molar refractivity (Wildman–Crippen MR) is 43.8 cm³/mol. The van der Waals surface area contributed by atoms with Gasteiger partial charge in [0.05, 0.1) is 6.61 Å². The molecule has 0 fully saturated rings. The fourth-order valence-corrected chi connectivity index (χ4v) is 1.30. The van der Waals surface area contributed by atoms with Gasteiger partial charge in [-0.1, -0.05) is 18.2 Å². The van der Waals surface area contributed by atoms with Crippen molar-refractivity contribution >= 4 is 0 Å². The number of benzene rings is 1. The molecular formula is C9H11O4V. The van der Waals surface area contributed by atoms with Gasteiger partial charge in [0.2, 0.25) is 0 Å². The normalized spacial score (nSPS) is 12.9. The van der Waals surface area contributed by atoms with Crippen LogP contribution in [0.4, 0.5) is 0 Å². The molecule has 0 amide bonds. The van der Waals surface area contributed by atoms with Crippen molar-refractivity contribution in [2.75, 3.05) is 6.61 Å². The van der Waals surface area contributed by atoms with E-state index in [1.165, 1.54) is 12.0 Å². The first kappa shape index (κ1) is 11.2. The van der Waals surface area contributed by atoms with E-state index >= 15 is 0 Å². The fraction of sp³-hybridized carbons (Fsp3) is 0.333. The van der Waals surface area contributed by atoms with Crippen molar-refractivity contribution in [1.29, 1.82) is 0 Å². The van der Waals surface area contributed by atoms with Crippen LogP contribution < -0.4 is 4.74 Å². The van der Waals surface area contributed by atoms with E-state index in [-0.39, 0.29) is 0 Å². The first-order chi connectivity index (χ1) is 6.70. The third-order valence-electron chi connectivity index (χ3n) is 1.82. The molecule has 0 aromatic heterocycles. The number of ether oxygens (including phenoxy) is 1. The van der Waals surface area contributed by atoms with Gasteiger partial charge < -0.3 is 4.74 Å². The number of rotatable bonds is 0. The van der Waals surface area contributed by atoms with E-state index in [1.807, 2.05) is 12.1 Å². The molecular weight excluding hydrogens is 223 g/mol. The van der Waals surface area contributed by atoms with E-state index in [9.17, 15) is 0 Å². The van der Waals surface area contributed by atoms with Crippen LogP contribution in [0.2, 0.25) is 0 Å². The molecule has 0 aliphatic carbocycles. The second-order valence-electron chi connectivity index (χ2n) is 2.80. The maximum Gasteiger partial charge on any atom is 0.122 e. The van der Waals surface area contributed by atoms with E-state index in [0.29, 0.717) is 0 Å². The Balaban J connectivity index is 0.000000213. The summed E-state index contributed by atoms with van der Waals surface area (Å²) in [5.41, 5.74) is 1.36. The van der Waals surface area contributed by atoms with Crippen molar-refractivity contribution in [3.05, 3.63) is 29.8 Å². The van der Waals surface area contributed by atoms with Gasteiger partial charge in [-0.3, -0.25) is 0 Å². The Morgan fingerprint density at radius 2 is 1.93 bits per heavy atom. The molecule has 1 N–H and O–H groups in total. The van der Waals surface area contributed by atoms with E-state index in [2.05, 4.69) is 12.1 Å².